The highest BCUT2D eigenvalue weighted by Gasteiger charge is 2.20. The summed E-state index contributed by atoms with van der Waals surface area (Å²) in [4.78, 5) is 11.9. The van der Waals surface area contributed by atoms with Gasteiger partial charge in [0.25, 0.3) is 0 Å². The quantitative estimate of drug-likeness (QED) is 0.201. The molecule has 0 radical (unpaired) electrons. The molecule has 2 nitrogen and oxygen atoms in total. The molecule has 0 aliphatic heterocycles. The molecule has 0 spiro atoms. The van der Waals surface area contributed by atoms with Gasteiger partial charge in [-0.25, -0.2) is 4.79 Å². The third-order valence-corrected chi connectivity index (χ3v) is 3.94. The summed E-state index contributed by atoms with van der Waals surface area (Å²) in [5.41, 5.74) is 0.869. The summed E-state index contributed by atoms with van der Waals surface area (Å²) >= 11 is 0. The molecule has 0 saturated carbocycles. The van der Waals surface area contributed by atoms with Crippen molar-refractivity contribution in [2.75, 3.05) is 6.61 Å². The Balaban J connectivity index is 4.42. The number of unbranched alkanes of at least 4 members (excludes halogenated alkanes) is 2. The van der Waals surface area contributed by atoms with Crippen molar-refractivity contribution in [3.63, 3.8) is 0 Å². The van der Waals surface area contributed by atoms with E-state index in [1.165, 1.54) is 0 Å². The van der Waals surface area contributed by atoms with Gasteiger partial charge in [-0.3, -0.25) is 0 Å². The molecule has 0 aromatic carbocycles. The fourth-order valence-electron chi connectivity index (χ4n) is 1.73. The molecule has 0 aliphatic carbocycles. The number of rotatable bonds is 9. The molecule has 0 amide bonds. The van der Waals surface area contributed by atoms with Crippen LogP contribution in [0.4, 0.5) is 0 Å². The molecule has 0 aliphatic rings. The maximum absolute atomic E-state index is 11.9. The zero-order chi connectivity index (χ0) is 14.7. The van der Waals surface area contributed by atoms with Crippen LogP contribution >= 0.6 is 0 Å². The first-order valence-corrected chi connectivity index (χ1v) is 10.7. The van der Waals surface area contributed by atoms with Gasteiger partial charge in [-0.05, 0) is 32.2 Å². The van der Waals surface area contributed by atoms with Crippen molar-refractivity contribution >= 4 is 14.0 Å². The third-order valence-electron chi connectivity index (χ3n) is 2.50. The van der Waals surface area contributed by atoms with Gasteiger partial charge < -0.3 is 4.74 Å². The second-order valence-corrected chi connectivity index (χ2v) is 11.3. The molecule has 0 fully saturated rings. The Kier molecular flexibility index (Phi) is 9.22. The summed E-state index contributed by atoms with van der Waals surface area (Å²) in [6.45, 7) is 12.7. The average molecular weight is 280 g/mol. The Morgan fingerprint density at radius 1 is 1.26 bits per heavy atom. The minimum Gasteiger partial charge on any atom is -0.463 e. The Morgan fingerprint density at radius 2 is 1.95 bits per heavy atom. The van der Waals surface area contributed by atoms with Gasteiger partial charge in [0.1, 0.15) is 0 Å². The SMILES string of the molecule is C=C/C=C\CCC/C=C(/C[Si](C)(C)C)C(=O)OCC. The van der Waals surface area contributed by atoms with E-state index in [0.717, 1.165) is 30.9 Å². The molecular formula is C16H28O2Si. The Morgan fingerprint density at radius 3 is 2.47 bits per heavy atom. The molecule has 0 aromatic rings. The van der Waals surface area contributed by atoms with Crippen molar-refractivity contribution in [3.05, 3.63) is 36.5 Å². The lowest BCUT2D eigenvalue weighted by Gasteiger charge is -2.17. The molecule has 108 valence electrons. The zero-order valence-electron chi connectivity index (χ0n) is 12.9. The summed E-state index contributed by atoms with van der Waals surface area (Å²) in [5.74, 6) is -0.133. The number of carbonyl (C=O) groups excluding carboxylic acids is 1. The first-order chi connectivity index (χ1) is 8.90. The maximum Gasteiger partial charge on any atom is 0.333 e. The normalized spacial score (nSPS) is 12.7. The van der Waals surface area contributed by atoms with Crippen molar-refractivity contribution in [1.29, 1.82) is 0 Å². The van der Waals surface area contributed by atoms with Crippen LogP contribution in [0.25, 0.3) is 0 Å². The van der Waals surface area contributed by atoms with E-state index >= 15 is 0 Å². The average Bonchev–Trinajstić information content (AvgIpc) is 2.31. The molecule has 0 rings (SSSR count). The van der Waals surface area contributed by atoms with Crippen LogP contribution in [0.3, 0.4) is 0 Å². The van der Waals surface area contributed by atoms with E-state index in [1.54, 1.807) is 6.08 Å². The van der Waals surface area contributed by atoms with Gasteiger partial charge in [0.05, 0.1) is 6.61 Å². The Bertz CT molecular complexity index is 335. The minimum atomic E-state index is -1.29. The summed E-state index contributed by atoms with van der Waals surface area (Å²) in [7, 11) is -1.29. The van der Waals surface area contributed by atoms with Gasteiger partial charge in [-0.1, -0.05) is 50.5 Å². The van der Waals surface area contributed by atoms with Crippen molar-refractivity contribution < 1.29 is 9.53 Å². The van der Waals surface area contributed by atoms with Crippen LogP contribution < -0.4 is 0 Å². The number of ether oxygens (including phenoxy) is 1. The zero-order valence-corrected chi connectivity index (χ0v) is 13.9. The van der Waals surface area contributed by atoms with Crippen molar-refractivity contribution in [2.24, 2.45) is 0 Å². The first kappa shape index (κ1) is 17.9. The summed E-state index contributed by atoms with van der Waals surface area (Å²) in [5, 5.41) is 0. The van der Waals surface area contributed by atoms with Crippen LogP contribution in [0.1, 0.15) is 26.2 Å². The topological polar surface area (TPSA) is 26.3 Å². The Labute approximate surface area is 119 Å². The van der Waals surface area contributed by atoms with E-state index in [9.17, 15) is 4.79 Å². The van der Waals surface area contributed by atoms with Gasteiger partial charge in [-0.2, -0.15) is 0 Å². The van der Waals surface area contributed by atoms with Crippen LogP contribution in [0, 0.1) is 0 Å². The molecular weight excluding hydrogens is 252 g/mol. The lowest BCUT2D eigenvalue weighted by Crippen LogP contribution is -2.23. The van der Waals surface area contributed by atoms with Crippen LogP contribution in [-0.2, 0) is 9.53 Å². The summed E-state index contributed by atoms with van der Waals surface area (Å²) in [6, 6.07) is 0.897. The van der Waals surface area contributed by atoms with Crippen LogP contribution in [-0.4, -0.2) is 20.7 Å². The van der Waals surface area contributed by atoms with Crippen molar-refractivity contribution in [2.45, 2.75) is 51.9 Å². The number of carbonyl (C=O) groups is 1. The molecule has 0 heterocycles. The first-order valence-electron chi connectivity index (χ1n) is 7.04. The standard InChI is InChI=1S/C16H28O2Si/c1-6-8-9-10-11-12-13-15(14-19(3,4)5)16(17)18-7-2/h6,8-9,13H,1,7,10-12,14H2,2-5H3/b9-8-,15-13-. The van der Waals surface area contributed by atoms with Crippen LogP contribution in [0.2, 0.25) is 25.7 Å². The predicted molar refractivity (Wildman–Crippen MR) is 86.1 cm³/mol. The predicted octanol–water partition coefficient (Wildman–Crippen LogP) is 4.73. The van der Waals surface area contributed by atoms with Gasteiger partial charge in [0.15, 0.2) is 0 Å². The monoisotopic (exact) mass is 280 g/mol. The molecule has 0 aromatic heterocycles. The minimum absolute atomic E-state index is 0.133. The molecule has 0 atom stereocenters. The fraction of sp³-hybridized carbons (Fsp3) is 0.562. The van der Waals surface area contributed by atoms with E-state index in [4.69, 9.17) is 4.74 Å². The molecule has 0 bridgehead atoms. The van der Waals surface area contributed by atoms with E-state index in [2.05, 4.69) is 38.4 Å². The lowest BCUT2D eigenvalue weighted by atomic mass is 10.1. The van der Waals surface area contributed by atoms with E-state index in [-0.39, 0.29) is 5.97 Å². The second-order valence-electron chi connectivity index (χ2n) is 5.78. The number of esters is 1. The largest absolute Gasteiger partial charge is 0.463 e. The van der Waals surface area contributed by atoms with E-state index in [1.807, 2.05) is 13.0 Å². The number of hydrogen-bond acceptors (Lipinski definition) is 2. The lowest BCUT2D eigenvalue weighted by molar-refractivity contribution is -0.138. The van der Waals surface area contributed by atoms with Gasteiger partial charge in [0, 0.05) is 13.6 Å². The molecule has 0 N–H and O–H groups in total. The molecule has 19 heavy (non-hydrogen) atoms. The van der Waals surface area contributed by atoms with Gasteiger partial charge >= 0.3 is 5.97 Å². The second kappa shape index (κ2) is 9.79. The van der Waals surface area contributed by atoms with Crippen molar-refractivity contribution in [1.82, 2.24) is 0 Å². The Hall–Kier alpha value is -1.09. The van der Waals surface area contributed by atoms with Crippen LogP contribution in [0.5, 0.6) is 0 Å². The van der Waals surface area contributed by atoms with Gasteiger partial charge in [-0.15, -0.1) is 0 Å². The van der Waals surface area contributed by atoms with Gasteiger partial charge in [0.2, 0.25) is 0 Å². The number of allylic oxidation sites excluding steroid dienone is 4. The highest BCUT2D eigenvalue weighted by molar-refractivity contribution is 6.77. The summed E-state index contributed by atoms with van der Waals surface area (Å²) in [6.07, 6.45) is 10.9. The smallest absolute Gasteiger partial charge is 0.333 e. The number of hydrogen-bond donors (Lipinski definition) is 0. The third kappa shape index (κ3) is 10.5. The van der Waals surface area contributed by atoms with Crippen LogP contribution in [0.15, 0.2) is 36.5 Å². The maximum atomic E-state index is 11.9. The fourth-order valence-corrected chi connectivity index (χ4v) is 3.16. The van der Waals surface area contributed by atoms with E-state index < -0.39 is 8.07 Å². The molecule has 0 unspecified atom stereocenters. The van der Waals surface area contributed by atoms with Crippen molar-refractivity contribution in [3.8, 4) is 0 Å². The molecule has 0 saturated heterocycles. The summed E-state index contributed by atoms with van der Waals surface area (Å²) < 4.78 is 5.13. The highest BCUT2D eigenvalue weighted by atomic mass is 28.3. The molecule has 3 heteroatoms. The van der Waals surface area contributed by atoms with E-state index in [0.29, 0.717) is 6.61 Å². The highest BCUT2D eigenvalue weighted by Crippen LogP contribution is 2.18.